The van der Waals surface area contributed by atoms with Gasteiger partial charge in [0, 0.05) is 4.47 Å². The minimum absolute atomic E-state index is 0.0622. The number of nitrogens with one attached hydrogen (secondary N) is 2. The third-order valence-electron chi connectivity index (χ3n) is 4.05. The van der Waals surface area contributed by atoms with Gasteiger partial charge in [0.25, 0.3) is 5.56 Å². The van der Waals surface area contributed by atoms with Crippen LogP contribution < -0.4 is 10.9 Å². The van der Waals surface area contributed by atoms with E-state index in [0.717, 1.165) is 30.0 Å². The highest BCUT2D eigenvalue weighted by molar-refractivity contribution is 9.10. The number of carbonyl (C=O) groups is 1. The van der Waals surface area contributed by atoms with Crippen LogP contribution in [-0.2, 0) is 20.8 Å². The van der Waals surface area contributed by atoms with Gasteiger partial charge in [-0.3, -0.25) is 9.59 Å². The van der Waals surface area contributed by atoms with Crippen LogP contribution in [0.1, 0.15) is 5.56 Å². The summed E-state index contributed by atoms with van der Waals surface area (Å²) in [6.45, 7) is 0. The van der Waals surface area contributed by atoms with Crippen LogP contribution in [0.25, 0.3) is 0 Å². The average molecular weight is 566 g/mol. The van der Waals surface area contributed by atoms with Gasteiger partial charge in [-0.1, -0.05) is 33.8 Å². The number of thioether (sulfide) groups is 1. The van der Waals surface area contributed by atoms with Crippen molar-refractivity contribution in [2.24, 2.45) is 0 Å². The summed E-state index contributed by atoms with van der Waals surface area (Å²) in [5.74, 6) is -1.58. The second-order valence-electron chi connectivity index (χ2n) is 6.37. The van der Waals surface area contributed by atoms with E-state index >= 15 is 0 Å². The molecule has 1 heterocycles. The van der Waals surface area contributed by atoms with Gasteiger partial charge in [0.2, 0.25) is 15.7 Å². The number of amides is 1. The average Bonchev–Trinajstić information content (AvgIpc) is 2.73. The number of H-pyrrole nitrogens is 1. The third-order valence-corrected chi connectivity index (χ3v) is 7.17. The second-order valence-corrected chi connectivity index (χ2v) is 10.2. The van der Waals surface area contributed by atoms with E-state index in [0.29, 0.717) is 22.8 Å². The molecular weight excluding hydrogens is 554 g/mol. The van der Waals surface area contributed by atoms with Gasteiger partial charge in [-0.2, -0.15) is 13.2 Å². The van der Waals surface area contributed by atoms with E-state index in [1.54, 1.807) is 0 Å². The Bertz CT molecular complexity index is 1380. The summed E-state index contributed by atoms with van der Waals surface area (Å²) in [7, 11) is -4.59. The largest absolute Gasteiger partial charge is 0.416 e. The number of hydrogen-bond donors (Lipinski definition) is 2. The number of alkyl halides is 3. The quantitative estimate of drug-likeness (QED) is 0.263. The van der Waals surface area contributed by atoms with Gasteiger partial charge in [0.15, 0.2) is 10.1 Å². The molecule has 0 aliphatic heterocycles. The van der Waals surface area contributed by atoms with Crippen molar-refractivity contribution in [3.8, 4) is 0 Å². The number of sulfone groups is 1. The topological polar surface area (TPSA) is 109 Å². The number of carbonyl (C=O) groups excluding carboxylic acids is 1. The van der Waals surface area contributed by atoms with E-state index in [9.17, 15) is 35.6 Å². The summed E-state index contributed by atoms with van der Waals surface area (Å²) in [6, 6.07) is 6.98. The minimum atomic E-state index is -4.77. The molecule has 0 bridgehead atoms. The van der Waals surface area contributed by atoms with Gasteiger partial charge in [-0.25, -0.2) is 17.8 Å². The Balaban J connectivity index is 1.74. The van der Waals surface area contributed by atoms with Crippen molar-refractivity contribution < 1.29 is 30.8 Å². The van der Waals surface area contributed by atoms with Crippen molar-refractivity contribution in [2.75, 3.05) is 11.1 Å². The first kappa shape index (κ1) is 24.9. The van der Waals surface area contributed by atoms with Crippen molar-refractivity contribution in [2.45, 2.75) is 21.1 Å². The third kappa shape index (κ3) is 6.00. The molecule has 0 atom stereocenters. The molecule has 0 fully saturated rings. The normalized spacial score (nSPS) is 11.9. The summed E-state index contributed by atoms with van der Waals surface area (Å²) in [4.78, 5) is 28.7. The fraction of sp³-hybridized carbons (Fsp3) is 0.105. The number of anilines is 1. The molecule has 0 saturated carbocycles. The van der Waals surface area contributed by atoms with Crippen LogP contribution in [0.5, 0.6) is 0 Å². The number of hydrogen-bond acceptors (Lipinski definition) is 6. The molecule has 0 saturated heterocycles. The summed E-state index contributed by atoms with van der Waals surface area (Å²) >= 11 is 3.82. The van der Waals surface area contributed by atoms with Crippen molar-refractivity contribution in [3.05, 3.63) is 74.9 Å². The summed E-state index contributed by atoms with van der Waals surface area (Å²) in [6.07, 6.45) is -4.07. The summed E-state index contributed by atoms with van der Waals surface area (Å²) in [5.41, 5.74) is -2.37. The van der Waals surface area contributed by atoms with Gasteiger partial charge in [-0.05, 0) is 36.4 Å². The zero-order valence-corrected chi connectivity index (χ0v) is 19.3. The number of aromatic amines is 1. The van der Waals surface area contributed by atoms with Gasteiger partial charge in [-0.15, -0.1) is 0 Å². The smallest absolute Gasteiger partial charge is 0.323 e. The van der Waals surface area contributed by atoms with Crippen molar-refractivity contribution >= 4 is 49.1 Å². The van der Waals surface area contributed by atoms with E-state index in [2.05, 4.69) is 31.2 Å². The monoisotopic (exact) mass is 565 g/mol. The molecular formula is C19H12BrF4N3O4S2. The summed E-state index contributed by atoms with van der Waals surface area (Å²) in [5, 5.41) is 2.22. The fourth-order valence-electron chi connectivity index (χ4n) is 2.51. The minimum Gasteiger partial charge on any atom is -0.323 e. The van der Waals surface area contributed by atoms with Crippen LogP contribution >= 0.6 is 27.7 Å². The standard InChI is InChI=1S/C19H12BrF4N3O4S2/c20-11-4-5-14(13(21)7-11)26-16(28)9-32-18-25-8-15(17(29)27-18)33(30,31)12-3-1-2-10(6-12)19(22,23)24/h1-8H,9H2,(H,26,28)(H,25,27,29). The molecule has 2 aromatic carbocycles. The number of benzene rings is 2. The first-order valence-corrected chi connectivity index (χ1v) is 12.0. The maximum Gasteiger partial charge on any atom is 0.416 e. The molecule has 3 rings (SSSR count). The zero-order valence-electron chi connectivity index (χ0n) is 16.1. The lowest BCUT2D eigenvalue weighted by molar-refractivity contribution is -0.137. The molecule has 3 aromatic rings. The fourth-order valence-corrected chi connectivity index (χ4v) is 4.75. The van der Waals surface area contributed by atoms with Gasteiger partial charge < -0.3 is 10.3 Å². The number of halogens is 5. The SMILES string of the molecule is O=C(CSc1ncc(S(=O)(=O)c2cccc(C(F)(F)F)c2)c(=O)[nH]1)Nc1ccc(Br)cc1F. The van der Waals surface area contributed by atoms with Crippen molar-refractivity contribution in [3.63, 3.8) is 0 Å². The van der Waals surface area contributed by atoms with Crippen LogP contribution in [0.2, 0.25) is 0 Å². The number of rotatable bonds is 6. The van der Waals surface area contributed by atoms with Crippen LogP contribution in [0, 0.1) is 5.82 Å². The van der Waals surface area contributed by atoms with Crippen LogP contribution in [-0.4, -0.2) is 30.0 Å². The highest BCUT2D eigenvalue weighted by atomic mass is 79.9. The van der Waals surface area contributed by atoms with E-state index < -0.39 is 48.7 Å². The molecule has 0 spiro atoms. The molecule has 1 amide bonds. The number of aromatic nitrogens is 2. The van der Waals surface area contributed by atoms with E-state index in [1.165, 1.54) is 12.1 Å². The van der Waals surface area contributed by atoms with Crippen LogP contribution in [0.3, 0.4) is 0 Å². The maximum absolute atomic E-state index is 13.8. The lowest BCUT2D eigenvalue weighted by Gasteiger charge is -2.09. The molecule has 33 heavy (non-hydrogen) atoms. The molecule has 1 aromatic heterocycles. The molecule has 174 valence electrons. The Kier molecular flexibility index (Phi) is 7.29. The molecule has 14 heteroatoms. The molecule has 0 aliphatic rings. The summed E-state index contributed by atoms with van der Waals surface area (Å²) < 4.78 is 78.2. The lowest BCUT2D eigenvalue weighted by Crippen LogP contribution is -2.20. The lowest BCUT2D eigenvalue weighted by atomic mass is 10.2. The number of nitrogens with zero attached hydrogens (tertiary/aromatic N) is 1. The maximum atomic E-state index is 13.8. The Morgan fingerprint density at radius 1 is 1.18 bits per heavy atom. The Labute approximate surface area is 196 Å². The van der Waals surface area contributed by atoms with E-state index in [-0.39, 0.29) is 16.6 Å². The van der Waals surface area contributed by atoms with E-state index in [1.807, 2.05) is 0 Å². The van der Waals surface area contributed by atoms with Gasteiger partial charge in [0.1, 0.15) is 5.82 Å². The van der Waals surface area contributed by atoms with Crippen molar-refractivity contribution in [1.29, 1.82) is 0 Å². The highest BCUT2D eigenvalue weighted by Crippen LogP contribution is 2.31. The predicted molar refractivity (Wildman–Crippen MR) is 115 cm³/mol. The van der Waals surface area contributed by atoms with Gasteiger partial charge >= 0.3 is 6.18 Å². The Morgan fingerprint density at radius 3 is 2.55 bits per heavy atom. The predicted octanol–water partition coefficient (Wildman–Crippen LogP) is 4.25. The first-order chi connectivity index (χ1) is 15.4. The Hall–Kier alpha value is -2.71. The van der Waals surface area contributed by atoms with Crippen molar-refractivity contribution in [1.82, 2.24) is 9.97 Å². The zero-order chi connectivity index (χ0) is 24.4. The molecule has 7 nitrogen and oxygen atoms in total. The van der Waals surface area contributed by atoms with Gasteiger partial charge in [0.05, 0.1) is 28.1 Å². The molecule has 2 N–H and O–H groups in total. The molecule has 0 aliphatic carbocycles. The highest BCUT2D eigenvalue weighted by Gasteiger charge is 2.32. The first-order valence-electron chi connectivity index (χ1n) is 8.77. The Morgan fingerprint density at radius 2 is 1.91 bits per heavy atom. The molecule has 0 radical (unpaired) electrons. The van der Waals surface area contributed by atoms with Crippen LogP contribution in [0.15, 0.2) is 72.9 Å². The van der Waals surface area contributed by atoms with E-state index in [4.69, 9.17) is 0 Å². The second kappa shape index (κ2) is 9.65. The van der Waals surface area contributed by atoms with Crippen LogP contribution in [0.4, 0.5) is 23.2 Å². The molecule has 0 unspecified atom stereocenters.